The zero-order valence-electron chi connectivity index (χ0n) is 13.3. The largest absolute Gasteiger partial charge is 0.479 e. The number of nitrogens with two attached hydrogens (primary N) is 1. The van der Waals surface area contributed by atoms with Crippen molar-refractivity contribution >= 4 is 5.91 Å². The number of halogens is 3. The molecule has 2 N–H and O–H groups in total. The van der Waals surface area contributed by atoms with Crippen LogP contribution in [0.25, 0.3) is 11.4 Å². The lowest BCUT2D eigenvalue weighted by Crippen LogP contribution is -2.11. The van der Waals surface area contributed by atoms with Crippen LogP contribution in [0.4, 0.5) is 13.2 Å². The first kappa shape index (κ1) is 17.5. The van der Waals surface area contributed by atoms with Crippen molar-refractivity contribution in [2.75, 3.05) is 7.11 Å². The van der Waals surface area contributed by atoms with Crippen LogP contribution < -0.4 is 10.5 Å². The summed E-state index contributed by atoms with van der Waals surface area (Å²) in [6.07, 6.45) is -3.24. The molecule has 0 unspecified atom stereocenters. The van der Waals surface area contributed by atoms with Gasteiger partial charge in [0.25, 0.3) is 5.91 Å². The molecule has 8 nitrogen and oxygen atoms in total. The Morgan fingerprint density at radius 3 is 2.50 bits per heavy atom. The number of hydrogen-bond donors (Lipinski definition) is 1. The van der Waals surface area contributed by atoms with Crippen molar-refractivity contribution in [1.82, 2.24) is 19.9 Å². The third-order valence-electron chi connectivity index (χ3n) is 3.41. The second-order valence-corrected chi connectivity index (χ2v) is 5.23. The van der Waals surface area contributed by atoms with Crippen LogP contribution in [0.15, 0.2) is 35.0 Å². The molecule has 1 amide bonds. The SMILES string of the molecule is COc1nn(Cc2ccc(-c3noc(C(F)(F)F)n3)cc2)cc1C(N)=O. The Morgan fingerprint density at radius 2 is 2.00 bits per heavy atom. The van der Waals surface area contributed by atoms with E-state index >= 15 is 0 Å². The van der Waals surface area contributed by atoms with E-state index in [1.807, 2.05) is 0 Å². The zero-order valence-corrected chi connectivity index (χ0v) is 13.3. The molecule has 3 rings (SSSR count). The summed E-state index contributed by atoms with van der Waals surface area (Å²) in [7, 11) is 1.37. The van der Waals surface area contributed by atoms with Crippen LogP contribution >= 0.6 is 0 Å². The van der Waals surface area contributed by atoms with E-state index in [1.54, 1.807) is 24.3 Å². The lowest BCUT2D eigenvalue weighted by Gasteiger charge is -2.02. The second-order valence-electron chi connectivity index (χ2n) is 5.23. The summed E-state index contributed by atoms with van der Waals surface area (Å²) >= 11 is 0. The average Bonchev–Trinajstić information content (AvgIpc) is 3.22. The zero-order chi connectivity index (χ0) is 18.9. The van der Waals surface area contributed by atoms with Crippen molar-refractivity contribution in [2.24, 2.45) is 5.73 Å². The van der Waals surface area contributed by atoms with Crippen molar-refractivity contribution in [3.8, 4) is 17.3 Å². The third kappa shape index (κ3) is 3.50. The first-order valence-electron chi connectivity index (χ1n) is 7.19. The number of rotatable bonds is 5. The van der Waals surface area contributed by atoms with Crippen LogP contribution in [0, 0.1) is 0 Å². The maximum absolute atomic E-state index is 12.5. The van der Waals surface area contributed by atoms with Crippen molar-refractivity contribution in [1.29, 1.82) is 0 Å². The van der Waals surface area contributed by atoms with Gasteiger partial charge in [-0.25, -0.2) is 0 Å². The minimum atomic E-state index is -4.69. The molecular weight excluding hydrogens is 355 g/mol. The number of aromatic nitrogens is 4. The van der Waals surface area contributed by atoms with Crippen LogP contribution in [0.1, 0.15) is 21.8 Å². The van der Waals surface area contributed by atoms with Crippen LogP contribution in [-0.4, -0.2) is 32.9 Å². The Hall–Kier alpha value is -3.37. The van der Waals surface area contributed by atoms with E-state index in [-0.39, 0.29) is 17.3 Å². The highest BCUT2D eigenvalue weighted by atomic mass is 19.4. The number of amides is 1. The molecule has 3 aromatic rings. The van der Waals surface area contributed by atoms with E-state index in [1.165, 1.54) is 18.0 Å². The number of carbonyl (C=O) groups excluding carboxylic acids is 1. The second kappa shape index (κ2) is 6.50. The lowest BCUT2D eigenvalue weighted by atomic mass is 10.1. The van der Waals surface area contributed by atoms with Gasteiger partial charge >= 0.3 is 12.1 Å². The first-order chi connectivity index (χ1) is 12.3. The number of ether oxygens (including phenoxy) is 1. The molecular formula is C15H12F3N5O3. The van der Waals surface area contributed by atoms with Crippen molar-refractivity contribution in [3.63, 3.8) is 0 Å². The van der Waals surface area contributed by atoms with E-state index in [2.05, 4.69) is 19.8 Å². The molecule has 0 saturated heterocycles. The molecule has 1 aromatic carbocycles. The molecule has 0 spiro atoms. The van der Waals surface area contributed by atoms with Crippen molar-refractivity contribution in [3.05, 3.63) is 47.5 Å². The molecule has 0 radical (unpaired) electrons. The van der Waals surface area contributed by atoms with Gasteiger partial charge in [-0.1, -0.05) is 29.4 Å². The van der Waals surface area contributed by atoms with Crippen molar-refractivity contribution < 1.29 is 27.2 Å². The maximum Gasteiger partial charge on any atom is 0.471 e. The maximum atomic E-state index is 12.5. The number of carbonyl (C=O) groups is 1. The monoisotopic (exact) mass is 367 g/mol. The predicted molar refractivity (Wildman–Crippen MR) is 81.1 cm³/mol. The van der Waals surface area contributed by atoms with Gasteiger partial charge in [0, 0.05) is 11.8 Å². The fourth-order valence-electron chi connectivity index (χ4n) is 2.21. The smallest absolute Gasteiger partial charge is 0.471 e. The highest BCUT2D eigenvalue weighted by molar-refractivity contribution is 5.94. The summed E-state index contributed by atoms with van der Waals surface area (Å²) in [4.78, 5) is 14.6. The van der Waals surface area contributed by atoms with Gasteiger partial charge in [-0.2, -0.15) is 18.2 Å². The van der Waals surface area contributed by atoms with Gasteiger partial charge in [-0.15, -0.1) is 5.10 Å². The summed E-state index contributed by atoms with van der Waals surface area (Å²) in [5.41, 5.74) is 6.52. The van der Waals surface area contributed by atoms with Crippen LogP contribution in [0.3, 0.4) is 0 Å². The summed E-state index contributed by atoms with van der Waals surface area (Å²) in [6, 6.07) is 6.43. The number of nitrogens with zero attached hydrogens (tertiary/aromatic N) is 4. The van der Waals surface area contributed by atoms with Gasteiger partial charge in [-0.05, 0) is 5.56 Å². The standard InChI is InChI=1S/C15H12F3N5O3/c1-25-13-10(11(19)24)7-23(21-13)6-8-2-4-9(5-3-8)12-20-14(26-22-12)15(16,17)18/h2-5,7H,6H2,1H3,(H2,19,24). The summed E-state index contributed by atoms with van der Waals surface area (Å²) in [5, 5.41) is 7.41. The molecule has 0 fully saturated rings. The van der Waals surface area contributed by atoms with E-state index in [9.17, 15) is 18.0 Å². The predicted octanol–water partition coefficient (Wildman–Crippen LogP) is 2.11. The molecule has 26 heavy (non-hydrogen) atoms. The van der Waals surface area contributed by atoms with Gasteiger partial charge in [0.05, 0.1) is 13.7 Å². The Bertz CT molecular complexity index is 931. The Morgan fingerprint density at radius 1 is 1.31 bits per heavy atom. The van der Waals surface area contributed by atoms with E-state index in [4.69, 9.17) is 10.5 Å². The third-order valence-corrected chi connectivity index (χ3v) is 3.41. The fraction of sp³-hybridized carbons (Fsp3) is 0.200. The summed E-state index contributed by atoms with van der Waals surface area (Å²) in [6.45, 7) is 0.296. The van der Waals surface area contributed by atoms with Gasteiger partial charge < -0.3 is 15.0 Å². The molecule has 2 aromatic heterocycles. The number of hydrogen-bond acceptors (Lipinski definition) is 6. The topological polar surface area (TPSA) is 109 Å². The van der Waals surface area contributed by atoms with Gasteiger partial charge in [0.15, 0.2) is 0 Å². The molecule has 0 saturated carbocycles. The number of primary amides is 1. The highest BCUT2D eigenvalue weighted by Crippen LogP contribution is 2.29. The summed E-state index contributed by atoms with van der Waals surface area (Å²) < 4.78 is 48.1. The van der Waals surface area contributed by atoms with Gasteiger partial charge in [-0.3, -0.25) is 9.48 Å². The van der Waals surface area contributed by atoms with Gasteiger partial charge in [0.1, 0.15) is 5.56 Å². The lowest BCUT2D eigenvalue weighted by molar-refractivity contribution is -0.159. The molecule has 136 valence electrons. The Kier molecular flexibility index (Phi) is 4.36. The van der Waals surface area contributed by atoms with Gasteiger partial charge in [0.2, 0.25) is 11.7 Å². The number of benzene rings is 1. The molecule has 2 heterocycles. The minimum absolute atomic E-state index is 0.112. The van der Waals surface area contributed by atoms with Crippen LogP contribution in [-0.2, 0) is 12.7 Å². The number of methoxy groups -OCH3 is 1. The molecule has 11 heteroatoms. The molecule has 0 aliphatic carbocycles. The molecule has 0 atom stereocenters. The van der Waals surface area contributed by atoms with Crippen LogP contribution in [0.2, 0.25) is 0 Å². The van der Waals surface area contributed by atoms with E-state index < -0.39 is 18.0 Å². The fourth-order valence-corrected chi connectivity index (χ4v) is 2.21. The minimum Gasteiger partial charge on any atom is -0.479 e. The molecule has 0 bridgehead atoms. The van der Waals surface area contributed by atoms with Crippen molar-refractivity contribution in [2.45, 2.75) is 12.7 Å². The van der Waals surface area contributed by atoms with E-state index in [0.717, 1.165) is 5.56 Å². The molecule has 0 aliphatic rings. The Labute approximate surface area is 144 Å². The summed E-state index contributed by atoms with van der Waals surface area (Å²) in [5.74, 6) is -2.12. The van der Waals surface area contributed by atoms with Crippen LogP contribution in [0.5, 0.6) is 5.88 Å². The quantitative estimate of drug-likeness (QED) is 0.740. The number of alkyl halides is 3. The average molecular weight is 367 g/mol. The molecule has 0 aliphatic heterocycles. The Balaban J connectivity index is 1.78. The highest BCUT2D eigenvalue weighted by Gasteiger charge is 2.38. The normalized spacial score (nSPS) is 11.5. The first-order valence-corrected chi connectivity index (χ1v) is 7.19. The van der Waals surface area contributed by atoms with E-state index in [0.29, 0.717) is 12.1 Å².